The van der Waals surface area contributed by atoms with Gasteiger partial charge < -0.3 is 4.90 Å². The Hall–Kier alpha value is -2.16. The molecule has 1 aliphatic heterocycles. The van der Waals surface area contributed by atoms with E-state index in [0.717, 1.165) is 17.6 Å². The van der Waals surface area contributed by atoms with Crippen molar-refractivity contribution in [3.63, 3.8) is 0 Å². The quantitative estimate of drug-likeness (QED) is 0.819. The molecule has 1 aromatic rings. The van der Waals surface area contributed by atoms with E-state index in [4.69, 9.17) is 0 Å². The number of benzene rings is 1. The van der Waals surface area contributed by atoms with Crippen molar-refractivity contribution in [1.82, 2.24) is 4.90 Å². The van der Waals surface area contributed by atoms with Gasteiger partial charge in [0.25, 0.3) is 5.91 Å². The third-order valence-electron chi connectivity index (χ3n) is 3.38. The summed E-state index contributed by atoms with van der Waals surface area (Å²) < 4.78 is 12.9. The van der Waals surface area contributed by atoms with Gasteiger partial charge in [-0.15, -0.1) is 0 Å². The first-order valence-corrected chi connectivity index (χ1v) is 6.67. The van der Waals surface area contributed by atoms with Crippen molar-refractivity contribution in [2.75, 3.05) is 6.54 Å². The van der Waals surface area contributed by atoms with Crippen LogP contribution >= 0.6 is 0 Å². The fourth-order valence-corrected chi connectivity index (χ4v) is 2.32. The molecule has 0 aromatic heterocycles. The average Bonchev–Trinajstić information content (AvgIpc) is 2.46. The third-order valence-corrected chi connectivity index (χ3v) is 3.38. The molecule has 0 aliphatic carbocycles. The molecular weight excluding hydrogens is 253 g/mol. The molecule has 0 radical (unpaired) electrons. The average molecular weight is 271 g/mol. The summed E-state index contributed by atoms with van der Waals surface area (Å²) in [6.45, 7) is 6.82. The largest absolute Gasteiger partial charge is 0.334 e. The predicted molar refractivity (Wildman–Crippen MR) is 78.5 cm³/mol. The normalized spacial score (nSPS) is 16.1. The second-order valence-corrected chi connectivity index (χ2v) is 4.75. The number of carbonyl (C=O) groups excluding carboxylic acids is 1. The molecule has 0 atom stereocenters. The molecule has 0 saturated carbocycles. The number of halogens is 1. The maximum absolute atomic E-state index is 12.9. The molecule has 0 fully saturated rings. The Labute approximate surface area is 118 Å². The lowest BCUT2D eigenvalue weighted by atomic mass is 9.98. The molecule has 0 bridgehead atoms. The monoisotopic (exact) mass is 271 g/mol. The lowest BCUT2D eigenvalue weighted by Gasteiger charge is -2.29. The van der Waals surface area contributed by atoms with Crippen molar-refractivity contribution in [2.24, 2.45) is 0 Å². The van der Waals surface area contributed by atoms with Crippen LogP contribution < -0.4 is 0 Å². The van der Waals surface area contributed by atoms with Crippen molar-refractivity contribution in [3.05, 3.63) is 71.6 Å². The minimum absolute atomic E-state index is 0.00794. The topological polar surface area (TPSA) is 20.3 Å². The minimum atomic E-state index is -0.262. The smallest absolute Gasteiger partial charge is 0.254 e. The highest BCUT2D eigenvalue weighted by atomic mass is 19.1. The molecule has 0 unspecified atom stereocenters. The number of amides is 1. The van der Waals surface area contributed by atoms with Crippen molar-refractivity contribution in [2.45, 2.75) is 19.9 Å². The molecule has 20 heavy (non-hydrogen) atoms. The standard InChI is InChI=1S/C17H18FNO/c1-3-5-16-14(4-2)10-11-19(17(16)20)12-13-6-8-15(18)9-7-13/h3-9H,2,10-12H2,1H3. The molecule has 0 N–H and O–H groups in total. The maximum atomic E-state index is 12.9. The first-order valence-electron chi connectivity index (χ1n) is 6.67. The van der Waals surface area contributed by atoms with Crippen molar-refractivity contribution < 1.29 is 9.18 Å². The fourth-order valence-electron chi connectivity index (χ4n) is 2.32. The van der Waals surface area contributed by atoms with E-state index in [2.05, 4.69) is 6.58 Å². The second kappa shape index (κ2) is 6.33. The van der Waals surface area contributed by atoms with Crippen LogP contribution in [0.25, 0.3) is 0 Å². The number of hydrogen-bond acceptors (Lipinski definition) is 1. The Morgan fingerprint density at radius 3 is 2.65 bits per heavy atom. The molecule has 1 heterocycles. The number of allylic oxidation sites excluding steroid dienone is 2. The first kappa shape index (κ1) is 14.3. The van der Waals surface area contributed by atoms with Gasteiger partial charge in [-0.3, -0.25) is 4.79 Å². The summed E-state index contributed by atoms with van der Waals surface area (Å²) in [5.74, 6) is -0.254. The Morgan fingerprint density at radius 1 is 1.35 bits per heavy atom. The predicted octanol–water partition coefficient (Wildman–Crippen LogP) is 3.62. The van der Waals surface area contributed by atoms with Crippen LogP contribution in [0.2, 0.25) is 0 Å². The Bertz CT molecular complexity index is 569. The summed E-state index contributed by atoms with van der Waals surface area (Å²) in [7, 11) is 0. The van der Waals surface area contributed by atoms with Gasteiger partial charge in [-0.2, -0.15) is 0 Å². The summed E-state index contributed by atoms with van der Waals surface area (Å²) in [6.07, 6.45) is 6.24. The first-order chi connectivity index (χ1) is 9.65. The van der Waals surface area contributed by atoms with E-state index in [1.54, 1.807) is 23.1 Å². The molecule has 104 valence electrons. The van der Waals surface area contributed by atoms with Crippen molar-refractivity contribution >= 4 is 5.91 Å². The van der Waals surface area contributed by atoms with Gasteiger partial charge >= 0.3 is 0 Å². The van der Waals surface area contributed by atoms with E-state index in [1.807, 2.05) is 19.1 Å². The van der Waals surface area contributed by atoms with E-state index in [0.29, 0.717) is 18.7 Å². The maximum Gasteiger partial charge on any atom is 0.254 e. The summed E-state index contributed by atoms with van der Waals surface area (Å²) in [6, 6.07) is 6.26. The Morgan fingerprint density at radius 2 is 2.05 bits per heavy atom. The van der Waals surface area contributed by atoms with Gasteiger partial charge in [-0.25, -0.2) is 4.39 Å². The van der Waals surface area contributed by atoms with Gasteiger partial charge in [-0.05, 0) is 36.6 Å². The second-order valence-electron chi connectivity index (χ2n) is 4.75. The van der Waals surface area contributed by atoms with Gasteiger partial charge in [-0.1, -0.05) is 36.9 Å². The Kier molecular flexibility index (Phi) is 4.51. The highest BCUT2D eigenvalue weighted by molar-refractivity contribution is 5.98. The van der Waals surface area contributed by atoms with Crippen LogP contribution in [0.4, 0.5) is 4.39 Å². The Balaban J connectivity index is 2.19. The SMILES string of the molecule is C=CC1=C(C=CC)C(=O)N(Cc2ccc(F)cc2)CC1. The summed E-state index contributed by atoms with van der Waals surface area (Å²) in [5.41, 5.74) is 2.63. The van der Waals surface area contributed by atoms with E-state index < -0.39 is 0 Å². The molecule has 0 saturated heterocycles. The lowest BCUT2D eigenvalue weighted by molar-refractivity contribution is -0.128. The van der Waals surface area contributed by atoms with E-state index in [-0.39, 0.29) is 11.7 Å². The molecular formula is C17H18FNO. The van der Waals surface area contributed by atoms with E-state index in [9.17, 15) is 9.18 Å². The molecule has 3 heteroatoms. The van der Waals surface area contributed by atoms with Gasteiger partial charge in [0, 0.05) is 18.7 Å². The highest BCUT2D eigenvalue weighted by Crippen LogP contribution is 2.23. The highest BCUT2D eigenvalue weighted by Gasteiger charge is 2.23. The van der Waals surface area contributed by atoms with Crippen LogP contribution in [-0.4, -0.2) is 17.4 Å². The summed E-state index contributed by atoms with van der Waals surface area (Å²) >= 11 is 0. The zero-order valence-corrected chi connectivity index (χ0v) is 11.6. The summed E-state index contributed by atoms with van der Waals surface area (Å²) in [4.78, 5) is 14.2. The number of rotatable bonds is 4. The van der Waals surface area contributed by atoms with Crippen molar-refractivity contribution in [3.8, 4) is 0 Å². The van der Waals surface area contributed by atoms with Crippen molar-refractivity contribution in [1.29, 1.82) is 0 Å². The van der Waals surface area contributed by atoms with Crippen LogP contribution in [0.1, 0.15) is 18.9 Å². The van der Waals surface area contributed by atoms with Gasteiger partial charge in [0.1, 0.15) is 5.82 Å². The third kappa shape index (κ3) is 3.05. The number of hydrogen-bond donors (Lipinski definition) is 0. The van der Waals surface area contributed by atoms with Crippen LogP contribution in [0.3, 0.4) is 0 Å². The fraction of sp³-hybridized carbons (Fsp3) is 0.235. The molecule has 1 amide bonds. The molecule has 0 spiro atoms. The van der Waals surface area contributed by atoms with Crippen LogP contribution in [0.15, 0.2) is 60.2 Å². The molecule has 2 rings (SSSR count). The zero-order valence-electron chi connectivity index (χ0n) is 11.6. The van der Waals surface area contributed by atoms with Gasteiger partial charge in [0.15, 0.2) is 0 Å². The van der Waals surface area contributed by atoms with Gasteiger partial charge in [0.2, 0.25) is 0 Å². The summed E-state index contributed by atoms with van der Waals surface area (Å²) in [5, 5.41) is 0. The van der Waals surface area contributed by atoms with Gasteiger partial charge in [0.05, 0.1) is 0 Å². The minimum Gasteiger partial charge on any atom is -0.334 e. The number of nitrogens with zero attached hydrogens (tertiary/aromatic N) is 1. The van der Waals surface area contributed by atoms with E-state index in [1.165, 1.54) is 12.1 Å². The molecule has 1 aromatic carbocycles. The van der Waals surface area contributed by atoms with Crippen LogP contribution in [0, 0.1) is 5.82 Å². The van der Waals surface area contributed by atoms with Crippen LogP contribution in [0.5, 0.6) is 0 Å². The van der Waals surface area contributed by atoms with E-state index >= 15 is 0 Å². The molecule has 2 nitrogen and oxygen atoms in total. The number of carbonyl (C=O) groups is 1. The zero-order chi connectivity index (χ0) is 14.5. The molecule has 1 aliphatic rings. The lowest BCUT2D eigenvalue weighted by Crippen LogP contribution is -2.36. The van der Waals surface area contributed by atoms with Crippen LogP contribution in [-0.2, 0) is 11.3 Å².